The van der Waals surface area contributed by atoms with Crippen LogP contribution in [0.3, 0.4) is 0 Å². The monoisotopic (exact) mass is 184 g/mol. The standard InChI is InChI=1S/C11H20O2/c1-3-10(12)8-13-11-7-5-4-6-9(11)2/h4,6,9-12H,3,5,7-8H2,1-2H3. The molecule has 1 aliphatic carbocycles. The lowest BCUT2D eigenvalue weighted by molar-refractivity contribution is -0.0295. The third kappa shape index (κ3) is 3.49. The van der Waals surface area contributed by atoms with Crippen LogP contribution in [-0.2, 0) is 4.74 Å². The van der Waals surface area contributed by atoms with Crippen molar-refractivity contribution in [3.05, 3.63) is 12.2 Å². The second-order valence-electron chi connectivity index (χ2n) is 3.80. The van der Waals surface area contributed by atoms with E-state index in [1.165, 1.54) is 0 Å². The van der Waals surface area contributed by atoms with Crippen LogP contribution >= 0.6 is 0 Å². The zero-order chi connectivity index (χ0) is 9.68. The average Bonchev–Trinajstić information content (AvgIpc) is 2.16. The van der Waals surface area contributed by atoms with E-state index in [9.17, 15) is 5.11 Å². The fourth-order valence-corrected chi connectivity index (χ4v) is 1.55. The van der Waals surface area contributed by atoms with Crippen LogP contribution in [0, 0.1) is 5.92 Å². The molecule has 0 radical (unpaired) electrons. The average molecular weight is 184 g/mol. The molecule has 0 aromatic carbocycles. The lowest BCUT2D eigenvalue weighted by Crippen LogP contribution is -2.27. The number of hydrogen-bond donors (Lipinski definition) is 1. The van der Waals surface area contributed by atoms with Crippen LogP contribution in [0.5, 0.6) is 0 Å². The Morgan fingerprint density at radius 1 is 1.62 bits per heavy atom. The van der Waals surface area contributed by atoms with Crippen LogP contribution < -0.4 is 0 Å². The molecule has 0 fully saturated rings. The third-order valence-electron chi connectivity index (χ3n) is 2.62. The topological polar surface area (TPSA) is 29.5 Å². The Labute approximate surface area is 80.6 Å². The van der Waals surface area contributed by atoms with E-state index in [0.29, 0.717) is 18.6 Å². The molecule has 0 amide bonds. The minimum atomic E-state index is -0.293. The smallest absolute Gasteiger partial charge is 0.0771 e. The maximum absolute atomic E-state index is 9.33. The van der Waals surface area contributed by atoms with Crippen molar-refractivity contribution in [2.45, 2.75) is 45.3 Å². The van der Waals surface area contributed by atoms with Crippen molar-refractivity contribution in [1.82, 2.24) is 0 Å². The fourth-order valence-electron chi connectivity index (χ4n) is 1.55. The van der Waals surface area contributed by atoms with Crippen molar-refractivity contribution in [1.29, 1.82) is 0 Å². The molecule has 1 rings (SSSR count). The Balaban J connectivity index is 2.24. The van der Waals surface area contributed by atoms with Gasteiger partial charge in [-0.3, -0.25) is 0 Å². The van der Waals surface area contributed by atoms with Crippen LogP contribution in [0.25, 0.3) is 0 Å². The highest BCUT2D eigenvalue weighted by molar-refractivity contribution is 4.95. The van der Waals surface area contributed by atoms with Gasteiger partial charge in [-0.25, -0.2) is 0 Å². The molecule has 0 heterocycles. The summed E-state index contributed by atoms with van der Waals surface area (Å²) in [6.07, 6.45) is 7.40. The van der Waals surface area contributed by atoms with E-state index in [4.69, 9.17) is 4.74 Å². The Morgan fingerprint density at radius 3 is 3.00 bits per heavy atom. The predicted octanol–water partition coefficient (Wildman–Crippen LogP) is 2.13. The van der Waals surface area contributed by atoms with Gasteiger partial charge in [-0.2, -0.15) is 0 Å². The minimum Gasteiger partial charge on any atom is -0.391 e. The van der Waals surface area contributed by atoms with Crippen LogP contribution in [0.1, 0.15) is 33.1 Å². The van der Waals surface area contributed by atoms with Crippen molar-refractivity contribution < 1.29 is 9.84 Å². The molecular weight excluding hydrogens is 164 g/mol. The van der Waals surface area contributed by atoms with Gasteiger partial charge < -0.3 is 9.84 Å². The van der Waals surface area contributed by atoms with Gasteiger partial charge in [0, 0.05) is 5.92 Å². The van der Waals surface area contributed by atoms with Crippen molar-refractivity contribution in [2.24, 2.45) is 5.92 Å². The normalized spacial score (nSPS) is 30.4. The van der Waals surface area contributed by atoms with Gasteiger partial charge in [0.15, 0.2) is 0 Å². The van der Waals surface area contributed by atoms with E-state index in [1.54, 1.807) is 0 Å². The molecule has 1 aliphatic rings. The summed E-state index contributed by atoms with van der Waals surface area (Å²) in [5.74, 6) is 0.498. The van der Waals surface area contributed by atoms with Crippen LogP contribution in [0.2, 0.25) is 0 Å². The Bertz CT molecular complexity index is 165. The zero-order valence-electron chi connectivity index (χ0n) is 8.57. The van der Waals surface area contributed by atoms with E-state index >= 15 is 0 Å². The molecule has 3 atom stereocenters. The second kappa shape index (κ2) is 5.40. The van der Waals surface area contributed by atoms with E-state index < -0.39 is 0 Å². The van der Waals surface area contributed by atoms with Crippen molar-refractivity contribution in [3.8, 4) is 0 Å². The van der Waals surface area contributed by atoms with E-state index in [0.717, 1.165) is 19.3 Å². The molecule has 0 spiro atoms. The Morgan fingerprint density at radius 2 is 2.38 bits per heavy atom. The molecule has 76 valence electrons. The molecule has 0 saturated carbocycles. The number of allylic oxidation sites excluding steroid dienone is 1. The number of hydrogen-bond acceptors (Lipinski definition) is 2. The summed E-state index contributed by atoms with van der Waals surface area (Å²) in [4.78, 5) is 0. The summed E-state index contributed by atoms with van der Waals surface area (Å²) in [6.45, 7) is 4.62. The molecule has 0 aromatic rings. The largest absolute Gasteiger partial charge is 0.391 e. The first-order valence-corrected chi connectivity index (χ1v) is 5.20. The van der Waals surface area contributed by atoms with Gasteiger partial charge in [-0.1, -0.05) is 26.0 Å². The van der Waals surface area contributed by atoms with Crippen molar-refractivity contribution >= 4 is 0 Å². The van der Waals surface area contributed by atoms with Crippen LogP contribution in [-0.4, -0.2) is 23.9 Å². The molecule has 0 saturated heterocycles. The van der Waals surface area contributed by atoms with Crippen LogP contribution in [0.4, 0.5) is 0 Å². The summed E-state index contributed by atoms with van der Waals surface area (Å²) in [6, 6.07) is 0. The van der Waals surface area contributed by atoms with Crippen molar-refractivity contribution in [3.63, 3.8) is 0 Å². The van der Waals surface area contributed by atoms with E-state index in [1.807, 2.05) is 6.92 Å². The SMILES string of the molecule is CCC(O)COC1CCC=CC1C. The predicted molar refractivity (Wildman–Crippen MR) is 53.6 cm³/mol. The van der Waals surface area contributed by atoms with Gasteiger partial charge >= 0.3 is 0 Å². The summed E-state index contributed by atoms with van der Waals surface area (Å²) in [5.41, 5.74) is 0. The highest BCUT2D eigenvalue weighted by atomic mass is 16.5. The number of aliphatic hydroxyl groups excluding tert-OH is 1. The molecule has 2 heteroatoms. The van der Waals surface area contributed by atoms with Gasteiger partial charge in [0.1, 0.15) is 0 Å². The first kappa shape index (κ1) is 10.7. The number of rotatable bonds is 4. The molecular formula is C11H20O2. The molecule has 3 unspecified atom stereocenters. The lowest BCUT2D eigenvalue weighted by Gasteiger charge is -2.25. The Hall–Kier alpha value is -0.340. The van der Waals surface area contributed by atoms with Crippen LogP contribution in [0.15, 0.2) is 12.2 Å². The first-order chi connectivity index (χ1) is 6.24. The minimum absolute atomic E-state index is 0.293. The van der Waals surface area contributed by atoms with E-state index in [-0.39, 0.29) is 6.10 Å². The lowest BCUT2D eigenvalue weighted by atomic mass is 9.94. The van der Waals surface area contributed by atoms with Gasteiger partial charge in [-0.15, -0.1) is 0 Å². The van der Waals surface area contributed by atoms with Gasteiger partial charge in [0.25, 0.3) is 0 Å². The molecule has 13 heavy (non-hydrogen) atoms. The fraction of sp³-hybridized carbons (Fsp3) is 0.818. The summed E-state index contributed by atoms with van der Waals surface area (Å²) >= 11 is 0. The highest BCUT2D eigenvalue weighted by Crippen LogP contribution is 2.20. The summed E-state index contributed by atoms with van der Waals surface area (Å²) in [7, 11) is 0. The molecule has 2 nitrogen and oxygen atoms in total. The Kier molecular flexibility index (Phi) is 4.46. The molecule has 0 aromatic heterocycles. The second-order valence-corrected chi connectivity index (χ2v) is 3.80. The molecule has 1 N–H and O–H groups in total. The molecule has 0 bridgehead atoms. The summed E-state index contributed by atoms with van der Waals surface area (Å²) in [5, 5.41) is 9.33. The molecule has 0 aliphatic heterocycles. The first-order valence-electron chi connectivity index (χ1n) is 5.20. The van der Waals surface area contributed by atoms with E-state index in [2.05, 4.69) is 19.1 Å². The van der Waals surface area contributed by atoms with Gasteiger partial charge in [0.2, 0.25) is 0 Å². The third-order valence-corrected chi connectivity index (χ3v) is 2.62. The quantitative estimate of drug-likeness (QED) is 0.678. The van der Waals surface area contributed by atoms with Gasteiger partial charge in [-0.05, 0) is 19.3 Å². The highest BCUT2D eigenvalue weighted by Gasteiger charge is 2.18. The number of ether oxygens (including phenoxy) is 1. The zero-order valence-corrected chi connectivity index (χ0v) is 8.57. The van der Waals surface area contributed by atoms with Gasteiger partial charge in [0.05, 0.1) is 18.8 Å². The van der Waals surface area contributed by atoms with Crippen molar-refractivity contribution in [2.75, 3.05) is 6.61 Å². The summed E-state index contributed by atoms with van der Waals surface area (Å²) < 4.78 is 5.65. The maximum Gasteiger partial charge on any atom is 0.0771 e. The number of aliphatic hydroxyl groups is 1. The maximum atomic E-state index is 9.33.